The number of amides is 1. The molecule has 0 unspecified atom stereocenters. The molecule has 130 valence electrons. The molecule has 0 bridgehead atoms. The van der Waals surface area contributed by atoms with Gasteiger partial charge in [-0.25, -0.2) is 0 Å². The fraction of sp³-hybridized carbons (Fsp3) is 0.929. The molecule has 0 saturated carbocycles. The van der Waals surface area contributed by atoms with Crippen molar-refractivity contribution in [3.05, 3.63) is 0 Å². The Bertz CT molecular complexity index is 343. The second kappa shape index (κ2) is 8.69. The smallest absolute Gasteiger partial charge is 0.392 e. The third-order valence-electron chi connectivity index (χ3n) is 3.80. The van der Waals surface area contributed by atoms with Gasteiger partial charge in [0.1, 0.15) is 6.54 Å². The number of β-amino-alcohol motifs (C(OH)–C–C–N with tert-alkyl or cyclic N) is 1. The molecule has 1 saturated heterocycles. The maximum Gasteiger partial charge on any atom is 0.405 e. The number of rotatable bonds is 7. The van der Waals surface area contributed by atoms with Gasteiger partial charge in [-0.2, -0.15) is 13.2 Å². The summed E-state index contributed by atoms with van der Waals surface area (Å²) in [6.45, 7) is 5.09. The zero-order valence-corrected chi connectivity index (χ0v) is 13.1. The van der Waals surface area contributed by atoms with Crippen LogP contribution in [-0.4, -0.2) is 67.0 Å². The first-order valence-corrected chi connectivity index (χ1v) is 7.65. The van der Waals surface area contributed by atoms with Crippen molar-refractivity contribution in [3.63, 3.8) is 0 Å². The van der Waals surface area contributed by atoms with Gasteiger partial charge in [0.2, 0.25) is 5.91 Å². The molecule has 0 spiro atoms. The van der Waals surface area contributed by atoms with Crippen LogP contribution in [0.15, 0.2) is 0 Å². The summed E-state index contributed by atoms with van der Waals surface area (Å²) in [5.74, 6) is -0.230. The Balaban J connectivity index is 2.19. The number of hydrogen-bond acceptors (Lipinski definition) is 4. The number of nitrogens with one attached hydrogen (secondary N) is 2. The van der Waals surface area contributed by atoms with Crippen LogP contribution in [0.3, 0.4) is 0 Å². The minimum absolute atomic E-state index is 0.341. The first kappa shape index (κ1) is 19.2. The molecular weight excluding hydrogens is 299 g/mol. The zero-order chi connectivity index (χ0) is 16.8. The molecule has 0 aromatic carbocycles. The average molecular weight is 325 g/mol. The number of aliphatic hydroxyl groups is 1. The number of hydrogen-bond donors (Lipinski definition) is 3. The minimum atomic E-state index is -4.38. The highest BCUT2D eigenvalue weighted by Gasteiger charge is 2.29. The number of carbonyl (C=O) groups is 1. The molecule has 2 atom stereocenters. The van der Waals surface area contributed by atoms with Crippen LogP contribution in [0.4, 0.5) is 13.2 Å². The number of piperidine rings is 1. The van der Waals surface area contributed by atoms with Crippen LogP contribution in [0.5, 0.6) is 0 Å². The van der Waals surface area contributed by atoms with Crippen molar-refractivity contribution in [2.75, 3.05) is 32.7 Å². The summed E-state index contributed by atoms with van der Waals surface area (Å²) in [6.07, 6.45) is -2.81. The maximum absolute atomic E-state index is 12.0. The molecule has 1 amide bonds. The van der Waals surface area contributed by atoms with E-state index in [1.54, 1.807) is 13.8 Å². The molecule has 22 heavy (non-hydrogen) atoms. The lowest BCUT2D eigenvalue weighted by Crippen LogP contribution is -2.47. The molecule has 1 heterocycles. The van der Waals surface area contributed by atoms with Crippen molar-refractivity contribution in [2.24, 2.45) is 5.92 Å². The third-order valence-corrected chi connectivity index (χ3v) is 3.80. The number of aliphatic hydroxyl groups excluding tert-OH is 1. The van der Waals surface area contributed by atoms with Crippen molar-refractivity contribution in [2.45, 2.75) is 45.0 Å². The Labute approximate surface area is 129 Å². The van der Waals surface area contributed by atoms with E-state index in [2.05, 4.69) is 10.2 Å². The largest absolute Gasteiger partial charge is 0.405 e. The van der Waals surface area contributed by atoms with Gasteiger partial charge in [-0.05, 0) is 52.2 Å². The predicted octanol–water partition coefficient (Wildman–Crippen LogP) is 0.736. The molecule has 1 rings (SSSR count). The summed E-state index contributed by atoms with van der Waals surface area (Å²) in [7, 11) is 0. The fourth-order valence-electron chi connectivity index (χ4n) is 2.52. The van der Waals surface area contributed by atoms with Crippen LogP contribution in [0.2, 0.25) is 0 Å². The fourth-order valence-corrected chi connectivity index (χ4v) is 2.52. The van der Waals surface area contributed by atoms with E-state index in [-0.39, 0.29) is 6.10 Å². The lowest BCUT2D eigenvalue weighted by Gasteiger charge is -2.33. The quantitative estimate of drug-likeness (QED) is 0.646. The highest BCUT2D eigenvalue weighted by atomic mass is 19.4. The number of nitrogens with zero attached hydrogens (tertiary/aromatic N) is 1. The van der Waals surface area contributed by atoms with Crippen molar-refractivity contribution >= 4 is 5.91 Å². The third kappa shape index (κ3) is 7.95. The predicted molar refractivity (Wildman–Crippen MR) is 77.4 cm³/mol. The Morgan fingerprint density at radius 1 is 1.32 bits per heavy atom. The van der Waals surface area contributed by atoms with Gasteiger partial charge in [-0.3, -0.25) is 4.79 Å². The van der Waals surface area contributed by atoms with Gasteiger partial charge in [0.15, 0.2) is 0 Å². The van der Waals surface area contributed by atoms with E-state index >= 15 is 0 Å². The minimum Gasteiger partial charge on any atom is -0.392 e. The van der Waals surface area contributed by atoms with E-state index in [1.807, 2.05) is 5.32 Å². The van der Waals surface area contributed by atoms with Gasteiger partial charge in [0.25, 0.3) is 0 Å². The summed E-state index contributed by atoms with van der Waals surface area (Å²) in [5, 5.41) is 14.2. The van der Waals surface area contributed by atoms with E-state index in [9.17, 15) is 23.1 Å². The van der Waals surface area contributed by atoms with E-state index in [1.165, 1.54) is 0 Å². The number of likely N-dealkylation sites (tertiary alicyclic amines) is 1. The van der Waals surface area contributed by atoms with Crippen LogP contribution in [0.25, 0.3) is 0 Å². The van der Waals surface area contributed by atoms with Crippen LogP contribution in [0.1, 0.15) is 26.7 Å². The Kier molecular flexibility index (Phi) is 7.58. The monoisotopic (exact) mass is 325 g/mol. The van der Waals surface area contributed by atoms with Gasteiger partial charge < -0.3 is 20.6 Å². The molecule has 1 fully saturated rings. The van der Waals surface area contributed by atoms with Crippen molar-refractivity contribution in [3.8, 4) is 0 Å². The second-order valence-electron chi connectivity index (χ2n) is 6.06. The second-order valence-corrected chi connectivity index (χ2v) is 6.06. The summed E-state index contributed by atoms with van der Waals surface area (Å²) in [6, 6.07) is -0.641. The highest BCUT2D eigenvalue weighted by molar-refractivity contribution is 5.81. The average Bonchev–Trinajstić information content (AvgIpc) is 2.42. The normalized spacial score (nSPS) is 20.6. The Hall–Kier alpha value is -0.860. The highest BCUT2D eigenvalue weighted by Crippen LogP contribution is 2.16. The standard InChI is InChI=1S/C14H26F3N3O2/c1-10(21)8-20-5-3-12(4-6-20)7-18-11(2)13(22)19-9-14(15,16)17/h10-12,18,21H,3-9H2,1-2H3,(H,19,22)/t10-,11-/m1/s1. The summed E-state index contributed by atoms with van der Waals surface area (Å²) in [4.78, 5) is 13.7. The first-order valence-electron chi connectivity index (χ1n) is 7.65. The molecule has 0 aromatic rings. The number of alkyl halides is 3. The van der Waals surface area contributed by atoms with Crippen LogP contribution in [-0.2, 0) is 4.79 Å². The summed E-state index contributed by atoms with van der Waals surface area (Å²) >= 11 is 0. The maximum atomic E-state index is 12.0. The Morgan fingerprint density at radius 3 is 2.41 bits per heavy atom. The molecule has 8 heteroatoms. The van der Waals surface area contributed by atoms with Gasteiger partial charge in [0, 0.05) is 6.54 Å². The lowest BCUT2D eigenvalue weighted by atomic mass is 9.96. The zero-order valence-electron chi connectivity index (χ0n) is 13.1. The molecule has 0 aliphatic carbocycles. The van der Waals surface area contributed by atoms with Gasteiger partial charge >= 0.3 is 6.18 Å². The molecule has 5 nitrogen and oxygen atoms in total. The van der Waals surface area contributed by atoms with Gasteiger partial charge in [-0.15, -0.1) is 0 Å². The lowest BCUT2D eigenvalue weighted by molar-refractivity contribution is -0.139. The van der Waals surface area contributed by atoms with Crippen molar-refractivity contribution in [1.29, 1.82) is 0 Å². The molecule has 1 aliphatic rings. The van der Waals surface area contributed by atoms with E-state index < -0.39 is 24.7 Å². The topological polar surface area (TPSA) is 64.6 Å². The van der Waals surface area contributed by atoms with E-state index in [4.69, 9.17) is 0 Å². The molecular formula is C14H26F3N3O2. The molecule has 0 aromatic heterocycles. The van der Waals surface area contributed by atoms with Gasteiger partial charge in [-0.1, -0.05) is 0 Å². The van der Waals surface area contributed by atoms with Crippen molar-refractivity contribution in [1.82, 2.24) is 15.5 Å². The van der Waals surface area contributed by atoms with Crippen molar-refractivity contribution < 1.29 is 23.1 Å². The SMILES string of the molecule is C[C@@H](O)CN1CCC(CN[C@H](C)C(=O)NCC(F)(F)F)CC1. The molecule has 3 N–H and O–H groups in total. The molecule has 1 aliphatic heterocycles. The Morgan fingerprint density at radius 2 is 1.91 bits per heavy atom. The van der Waals surface area contributed by atoms with Crippen LogP contribution >= 0.6 is 0 Å². The summed E-state index contributed by atoms with van der Waals surface area (Å²) < 4.78 is 36.1. The van der Waals surface area contributed by atoms with E-state index in [0.717, 1.165) is 25.9 Å². The molecule has 0 radical (unpaired) electrons. The first-order chi connectivity index (χ1) is 10.2. The van der Waals surface area contributed by atoms with Crippen LogP contribution < -0.4 is 10.6 Å². The van der Waals surface area contributed by atoms with E-state index in [0.29, 0.717) is 19.0 Å². The summed E-state index contributed by atoms with van der Waals surface area (Å²) in [5.41, 5.74) is 0. The number of halogens is 3. The number of carbonyl (C=O) groups excluding carboxylic acids is 1. The van der Waals surface area contributed by atoms with Gasteiger partial charge in [0.05, 0.1) is 12.1 Å². The van der Waals surface area contributed by atoms with Crippen LogP contribution in [0, 0.1) is 5.92 Å².